The van der Waals surface area contributed by atoms with Crippen LogP contribution in [0.1, 0.15) is 41.3 Å². The largest absolute Gasteiger partial charge is 0.377 e. The fraction of sp³-hybridized carbons (Fsp3) is 0.391. The number of nitrogens with one attached hydrogen (secondary N) is 2. The van der Waals surface area contributed by atoms with Crippen molar-refractivity contribution in [3.05, 3.63) is 59.2 Å². The molecule has 154 valence electrons. The summed E-state index contributed by atoms with van der Waals surface area (Å²) in [6.45, 7) is 4.95. The molecule has 0 unspecified atom stereocenters. The SMILES string of the molecule is CCNC(=O)Nc1ccc(N(C)C)c(CN(C(=O)c2cccc(C)c2)C2CC2)c1. The number of aryl methyl sites for hydroxylation is 1. The molecular formula is C23H30N4O2. The number of anilines is 2. The number of hydrogen-bond donors (Lipinski definition) is 2. The molecule has 0 aromatic heterocycles. The normalized spacial score (nSPS) is 13.0. The summed E-state index contributed by atoms with van der Waals surface area (Å²) in [5.41, 5.74) is 4.57. The molecule has 3 amide bonds. The highest BCUT2D eigenvalue weighted by Crippen LogP contribution is 2.32. The number of amides is 3. The number of rotatable bonds is 7. The molecule has 0 aliphatic heterocycles. The highest BCUT2D eigenvalue weighted by atomic mass is 16.2. The van der Waals surface area contributed by atoms with Gasteiger partial charge in [0.2, 0.25) is 0 Å². The van der Waals surface area contributed by atoms with E-state index in [1.54, 1.807) is 0 Å². The highest BCUT2D eigenvalue weighted by Gasteiger charge is 2.33. The van der Waals surface area contributed by atoms with Crippen LogP contribution in [-0.2, 0) is 6.54 Å². The Hall–Kier alpha value is -3.02. The Kier molecular flexibility index (Phi) is 6.42. The van der Waals surface area contributed by atoms with Gasteiger partial charge in [-0.1, -0.05) is 17.7 Å². The molecule has 1 aliphatic carbocycles. The van der Waals surface area contributed by atoms with Crippen LogP contribution in [0.25, 0.3) is 0 Å². The Morgan fingerprint density at radius 2 is 1.86 bits per heavy atom. The molecule has 1 saturated carbocycles. The highest BCUT2D eigenvalue weighted by molar-refractivity contribution is 5.95. The van der Waals surface area contributed by atoms with Crippen LogP contribution < -0.4 is 15.5 Å². The minimum Gasteiger partial charge on any atom is -0.377 e. The third kappa shape index (κ3) is 5.28. The van der Waals surface area contributed by atoms with Crippen LogP contribution >= 0.6 is 0 Å². The number of hydrogen-bond acceptors (Lipinski definition) is 3. The molecule has 1 aliphatic rings. The average Bonchev–Trinajstić information content (AvgIpc) is 3.50. The molecule has 1 fully saturated rings. The lowest BCUT2D eigenvalue weighted by Gasteiger charge is -2.26. The summed E-state index contributed by atoms with van der Waals surface area (Å²) in [7, 11) is 3.97. The van der Waals surface area contributed by atoms with Crippen molar-refractivity contribution in [2.75, 3.05) is 30.9 Å². The topological polar surface area (TPSA) is 64.7 Å². The number of carbonyl (C=O) groups is 2. The molecule has 0 heterocycles. The average molecular weight is 395 g/mol. The van der Waals surface area contributed by atoms with E-state index in [4.69, 9.17) is 0 Å². The second-order valence-electron chi connectivity index (χ2n) is 7.76. The summed E-state index contributed by atoms with van der Waals surface area (Å²) in [5, 5.41) is 5.60. The van der Waals surface area contributed by atoms with E-state index in [2.05, 4.69) is 10.6 Å². The van der Waals surface area contributed by atoms with E-state index in [1.807, 2.05) is 80.2 Å². The first-order chi connectivity index (χ1) is 13.9. The van der Waals surface area contributed by atoms with Gasteiger partial charge in [0, 0.05) is 50.2 Å². The number of carbonyl (C=O) groups excluding carboxylic acids is 2. The zero-order valence-electron chi connectivity index (χ0n) is 17.7. The fourth-order valence-electron chi connectivity index (χ4n) is 3.44. The first kappa shape index (κ1) is 20.7. The zero-order chi connectivity index (χ0) is 21.0. The molecule has 29 heavy (non-hydrogen) atoms. The van der Waals surface area contributed by atoms with E-state index in [9.17, 15) is 9.59 Å². The van der Waals surface area contributed by atoms with Crippen molar-refractivity contribution in [3.8, 4) is 0 Å². The van der Waals surface area contributed by atoms with Crippen LogP contribution in [0, 0.1) is 6.92 Å². The molecule has 6 nitrogen and oxygen atoms in total. The van der Waals surface area contributed by atoms with Crippen molar-refractivity contribution < 1.29 is 9.59 Å². The van der Waals surface area contributed by atoms with Crippen molar-refractivity contribution in [2.24, 2.45) is 0 Å². The maximum absolute atomic E-state index is 13.2. The standard InChI is InChI=1S/C23H30N4O2/c1-5-24-23(29)25-19-9-12-21(26(3)4)18(14-19)15-27(20-10-11-20)22(28)17-8-6-7-16(2)13-17/h6-9,12-14,20H,5,10-11,15H2,1-4H3,(H2,24,25,29). The quantitative estimate of drug-likeness (QED) is 0.746. The molecular weight excluding hydrogens is 364 g/mol. The lowest BCUT2D eigenvalue weighted by atomic mass is 10.1. The summed E-state index contributed by atoms with van der Waals surface area (Å²) in [4.78, 5) is 29.2. The van der Waals surface area contributed by atoms with E-state index >= 15 is 0 Å². The van der Waals surface area contributed by atoms with Gasteiger partial charge in [0.15, 0.2) is 0 Å². The van der Waals surface area contributed by atoms with Crippen LogP contribution in [0.4, 0.5) is 16.2 Å². The summed E-state index contributed by atoms with van der Waals surface area (Å²) >= 11 is 0. The van der Waals surface area contributed by atoms with Gasteiger partial charge in [0.05, 0.1) is 0 Å². The second-order valence-corrected chi connectivity index (χ2v) is 7.76. The maximum atomic E-state index is 13.2. The zero-order valence-corrected chi connectivity index (χ0v) is 17.7. The maximum Gasteiger partial charge on any atom is 0.319 e. The van der Waals surface area contributed by atoms with Crippen LogP contribution in [0.5, 0.6) is 0 Å². The van der Waals surface area contributed by atoms with E-state index in [0.29, 0.717) is 13.1 Å². The van der Waals surface area contributed by atoms with Gasteiger partial charge in [-0.25, -0.2) is 4.79 Å². The van der Waals surface area contributed by atoms with Crippen molar-refractivity contribution in [1.82, 2.24) is 10.2 Å². The summed E-state index contributed by atoms with van der Waals surface area (Å²) < 4.78 is 0. The van der Waals surface area contributed by atoms with Gasteiger partial charge in [0.1, 0.15) is 0 Å². The molecule has 0 atom stereocenters. The molecule has 0 spiro atoms. The van der Waals surface area contributed by atoms with Crippen molar-refractivity contribution in [3.63, 3.8) is 0 Å². The van der Waals surface area contributed by atoms with E-state index in [1.165, 1.54) is 0 Å². The minimum atomic E-state index is -0.231. The van der Waals surface area contributed by atoms with Gasteiger partial charge >= 0.3 is 6.03 Å². The lowest BCUT2D eigenvalue weighted by molar-refractivity contribution is 0.0730. The molecule has 0 radical (unpaired) electrons. The van der Waals surface area contributed by atoms with Crippen molar-refractivity contribution >= 4 is 23.3 Å². The summed E-state index contributed by atoms with van der Waals surface area (Å²) in [6, 6.07) is 13.6. The third-order valence-electron chi connectivity index (χ3n) is 5.01. The van der Waals surface area contributed by atoms with E-state index < -0.39 is 0 Å². The van der Waals surface area contributed by atoms with E-state index in [0.717, 1.165) is 40.9 Å². The van der Waals surface area contributed by atoms with E-state index in [-0.39, 0.29) is 18.0 Å². The number of nitrogens with zero attached hydrogens (tertiary/aromatic N) is 2. The van der Waals surface area contributed by atoms with Gasteiger partial charge in [-0.3, -0.25) is 4.79 Å². The van der Waals surface area contributed by atoms with Crippen molar-refractivity contribution in [2.45, 2.75) is 39.3 Å². The van der Waals surface area contributed by atoms with Gasteiger partial charge < -0.3 is 20.4 Å². The third-order valence-corrected chi connectivity index (χ3v) is 5.01. The van der Waals surface area contributed by atoms with Crippen LogP contribution in [0.2, 0.25) is 0 Å². The van der Waals surface area contributed by atoms with Crippen LogP contribution in [0.15, 0.2) is 42.5 Å². The monoisotopic (exact) mass is 394 g/mol. The van der Waals surface area contributed by atoms with Crippen LogP contribution in [-0.4, -0.2) is 43.5 Å². The molecule has 3 rings (SSSR count). The van der Waals surface area contributed by atoms with Gasteiger partial charge in [-0.15, -0.1) is 0 Å². The molecule has 0 saturated heterocycles. The smallest absolute Gasteiger partial charge is 0.319 e. The Morgan fingerprint density at radius 3 is 2.48 bits per heavy atom. The molecule has 0 bridgehead atoms. The Bertz CT molecular complexity index is 890. The Balaban J connectivity index is 1.88. The second kappa shape index (κ2) is 8.99. The predicted molar refractivity (Wildman–Crippen MR) is 118 cm³/mol. The van der Waals surface area contributed by atoms with Crippen molar-refractivity contribution in [1.29, 1.82) is 0 Å². The van der Waals surface area contributed by atoms with Gasteiger partial charge in [-0.05, 0) is 62.6 Å². The van der Waals surface area contributed by atoms with Gasteiger partial charge in [-0.2, -0.15) is 0 Å². The molecule has 2 aromatic rings. The predicted octanol–water partition coefficient (Wildman–Crippen LogP) is 4.01. The Morgan fingerprint density at radius 1 is 1.10 bits per heavy atom. The van der Waals surface area contributed by atoms with Crippen LogP contribution in [0.3, 0.4) is 0 Å². The first-order valence-corrected chi connectivity index (χ1v) is 10.1. The Labute approximate surface area is 172 Å². The fourth-order valence-corrected chi connectivity index (χ4v) is 3.44. The first-order valence-electron chi connectivity index (χ1n) is 10.1. The molecule has 2 N–H and O–H groups in total. The number of benzene rings is 2. The molecule has 2 aromatic carbocycles. The summed E-state index contributed by atoms with van der Waals surface area (Å²) in [5.74, 6) is 0.0583. The minimum absolute atomic E-state index is 0.0583. The summed E-state index contributed by atoms with van der Waals surface area (Å²) in [6.07, 6.45) is 2.07. The molecule has 6 heteroatoms. The lowest BCUT2D eigenvalue weighted by Crippen LogP contribution is -2.33. The number of urea groups is 1. The van der Waals surface area contributed by atoms with Gasteiger partial charge in [0.25, 0.3) is 5.91 Å².